The second-order valence-corrected chi connectivity index (χ2v) is 9.80. The lowest BCUT2D eigenvalue weighted by molar-refractivity contribution is -0.141. The third kappa shape index (κ3) is 9.31. The van der Waals surface area contributed by atoms with E-state index in [4.69, 9.17) is 4.74 Å². The van der Waals surface area contributed by atoms with Gasteiger partial charge in [0.2, 0.25) is 17.6 Å². The number of Topliss-reactive ketones (excluding diaryl/α,β-unsaturated/α-hetero) is 1. The Morgan fingerprint density at radius 3 is 2.33 bits per heavy atom. The maximum Gasteiger partial charge on any atom is 0.408 e. The van der Waals surface area contributed by atoms with E-state index in [0.717, 1.165) is 5.56 Å². The van der Waals surface area contributed by atoms with Crippen molar-refractivity contribution in [2.24, 2.45) is 11.8 Å². The molecule has 0 saturated carbocycles. The summed E-state index contributed by atoms with van der Waals surface area (Å²) in [5.74, 6) is -2.73. The fourth-order valence-corrected chi connectivity index (χ4v) is 3.85. The monoisotopic (exact) mass is 502 g/mol. The summed E-state index contributed by atoms with van der Waals surface area (Å²) in [6.45, 7) is 7.82. The Morgan fingerprint density at radius 1 is 1.00 bits per heavy atom. The lowest BCUT2D eigenvalue weighted by Crippen LogP contribution is -2.58. The Bertz CT molecular complexity index is 918. The van der Waals surface area contributed by atoms with Gasteiger partial charge in [0.25, 0.3) is 5.91 Å². The van der Waals surface area contributed by atoms with Gasteiger partial charge in [-0.2, -0.15) is 0 Å². The number of hydrogen-bond donors (Lipinski definition) is 4. The maximum absolute atomic E-state index is 13.1. The van der Waals surface area contributed by atoms with Crippen LogP contribution in [-0.2, 0) is 30.5 Å². The van der Waals surface area contributed by atoms with E-state index in [0.29, 0.717) is 32.2 Å². The number of carbonyl (C=O) groups excluding carboxylic acids is 5. The molecule has 2 rings (SSSR count). The number of rotatable bonds is 10. The van der Waals surface area contributed by atoms with Crippen LogP contribution < -0.4 is 21.3 Å². The van der Waals surface area contributed by atoms with Crippen molar-refractivity contribution in [3.05, 3.63) is 35.9 Å². The molecule has 10 nitrogen and oxygen atoms in total. The molecule has 1 heterocycles. The smallest absolute Gasteiger partial charge is 0.408 e. The van der Waals surface area contributed by atoms with Crippen LogP contribution in [0, 0.1) is 11.8 Å². The van der Waals surface area contributed by atoms with Gasteiger partial charge in [-0.1, -0.05) is 58.0 Å². The fraction of sp³-hybridized carbons (Fsp3) is 0.577. The molecule has 0 aromatic heterocycles. The van der Waals surface area contributed by atoms with Gasteiger partial charge in [0.05, 0.1) is 6.04 Å². The molecule has 0 radical (unpaired) electrons. The minimum absolute atomic E-state index is 0.0543. The van der Waals surface area contributed by atoms with Crippen LogP contribution in [0.4, 0.5) is 4.79 Å². The SMILES string of the molecule is CC(C)CC(NC(=O)C(NC(=O)OCc1ccccc1)C(C)C)C(=O)NC1CCCCNC(=O)C1=O. The van der Waals surface area contributed by atoms with Crippen molar-refractivity contribution in [3.8, 4) is 0 Å². The molecule has 198 valence electrons. The third-order valence-electron chi connectivity index (χ3n) is 5.84. The van der Waals surface area contributed by atoms with Crippen molar-refractivity contribution < 1.29 is 28.7 Å². The summed E-state index contributed by atoms with van der Waals surface area (Å²) in [5.41, 5.74) is 0.810. The fourth-order valence-electron chi connectivity index (χ4n) is 3.85. The first-order valence-corrected chi connectivity index (χ1v) is 12.5. The van der Waals surface area contributed by atoms with Crippen LogP contribution in [-0.4, -0.2) is 54.3 Å². The molecule has 3 atom stereocenters. The molecule has 0 spiro atoms. The normalized spacial score (nSPS) is 17.9. The first-order valence-electron chi connectivity index (χ1n) is 12.5. The van der Waals surface area contributed by atoms with E-state index in [-0.39, 0.29) is 18.4 Å². The summed E-state index contributed by atoms with van der Waals surface area (Å²) < 4.78 is 5.24. The minimum atomic E-state index is -0.948. The van der Waals surface area contributed by atoms with Gasteiger partial charge in [0.15, 0.2) is 0 Å². The molecule has 4 N–H and O–H groups in total. The van der Waals surface area contributed by atoms with Crippen molar-refractivity contribution in [2.75, 3.05) is 6.54 Å². The van der Waals surface area contributed by atoms with Gasteiger partial charge in [-0.3, -0.25) is 19.2 Å². The number of nitrogens with one attached hydrogen (secondary N) is 4. The summed E-state index contributed by atoms with van der Waals surface area (Å²) in [6, 6.07) is 6.32. The standard InChI is InChI=1S/C26H38N4O6/c1-16(2)14-20(23(32)28-19-12-8-9-13-27-25(34)22(19)31)29-24(33)21(17(3)4)30-26(35)36-15-18-10-6-5-7-11-18/h5-7,10-11,16-17,19-21H,8-9,12-15H2,1-4H3,(H,27,34)(H,28,32)(H,29,33)(H,30,35). The predicted molar refractivity (Wildman–Crippen MR) is 134 cm³/mol. The summed E-state index contributed by atoms with van der Waals surface area (Å²) in [7, 11) is 0. The zero-order chi connectivity index (χ0) is 26.7. The van der Waals surface area contributed by atoms with E-state index in [2.05, 4.69) is 21.3 Å². The minimum Gasteiger partial charge on any atom is -0.445 e. The highest BCUT2D eigenvalue weighted by atomic mass is 16.5. The Morgan fingerprint density at radius 2 is 1.69 bits per heavy atom. The average molecular weight is 503 g/mol. The molecule has 1 saturated heterocycles. The highest BCUT2D eigenvalue weighted by Crippen LogP contribution is 2.11. The molecule has 4 amide bonds. The average Bonchev–Trinajstić information content (AvgIpc) is 2.83. The van der Waals surface area contributed by atoms with Gasteiger partial charge in [-0.25, -0.2) is 4.79 Å². The second kappa shape index (κ2) is 14.2. The van der Waals surface area contributed by atoms with Crippen LogP contribution in [0.15, 0.2) is 30.3 Å². The molecule has 1 aromatic carbocycles. The number of ketones is 1. The maximum atomic E-state index is 13.1. The number of hydrogen-bond acceptors (Lipinski definition) is 6. The van der Waals surface area contributed by atoms with Crippen LogP contribution >= 0.6 is 0 Å². The largest absolute Gasteiger partial charge is 0.445 e. The highest BCUT2D eigenvalue weighted by Gasteiger charge is 2.33. The highest BCUT2D eigenvalue weighted by molar-refractivity contribution is 6.38. The number of ether oxygens (including phenoxy) is 1. The van der Waals surface area contributed by atoms with E-state index in [1.54, 1.807) is 13.8 Å². The molecule has 1 fully saturated rings. The molecule has 1 aliphatic rings. The van der Waals surface area contributed by atoms with Gasteiger partial charge in [-0.15, -0.1) is 0 Å². The Labute approximate surface area is 212 Å². The second-order valence-electron chi connectivity index (χ2n) is 9.80. The Balaban J connectivity index is 2.03. The summed E-state index contributed by atoms with van der Waals surface area (Å²) >= 11 is 0. The van der Waals surface area contributed by atoms with E-state index in [1.165, 1.54) is 0 Å². The quantitative estimate of drug-likeness (QED) is 0.360. The summed E-state index contributed by atoms with van der Waals surface area (Å²) in [5, 5.41) is 10.5. The first-order chi connectivity index (χ1) is 17.1. The van der Waals surface area contributed by atoms with Crippen LogP contribution in [0.5, 0.6) is 0 Å². The van der Waals surface area contributed by atoms with Gasteiger partial charge in [0, 0.05) is 6.54 Å². The summed E-state index contributed by atoms with van der Waals surface area (Å²) in [6.07, 6.45) is 1.30. The van der Waals surface area contributed by atoms with Crippen molar-refractivity contribution in [1.82, 2.24) is 21.3 Å². The molecule has 10 heteroatoms. The van der Waals surface area contributed by atoms with Crippen molar-refractivity contribution in [3.63, 3.8) is 0 Å². The van der Waals surface area contributed by atoms with Gasteiger partial charge < -0.3 is 26.0 Å². The van der Waals surface area contributed by atoms with E-state index < -0.39 is 47.7 Å². The molecule has 0 bridgehead atoms. The molecular weight excluding hydrogens is 464 g/mol. The van der Waals surface area contributed by atoms with Crippen molar-refractivity contribution >= 4 is 29.6 Å². The van der Waals surface area contributed by atoms with Crippen LogP contribution in [0.25, 0.3) is 0 Å². The van der Waals surface area contributed by atoms with Crippen LogP contribution in [0.1, 0.15) is 58.9 Å². The Kier molecular flexibility index (Phi) is 11.4. The number of benzene rings is 1. The first kappa shape index (κ1) is 28.8. The third-order valence-corrected chi connectivity index (χ3v) is 5.84. The number of alkyl carbamates (subject to hydrolysis) is 1. The topological polar surface area (TPSA) is 143 Å². The van der Waals surface area contributed by atoms with Gasteiger partial charge in [-0.05, 0) is 43.1 Å². The number of carbonyl (C=O) groups is 5. The van der Waals surface area contributed by atoms with Crippen molar-refractivity contribution in [1.29, 1.82) is 0 Å². The number of amides is 4. The predicted octanol–water partition coefficient (Wildman–Crippen LogP) is 1.82. The zero-order valence-corrected chi connectivity index (χ0v) is 21.5. The molecule has 1 aromatic rings. The van der Waals surface area contributed by atoms with E-state index in [9.17, 15) is 24.0 Å². The van der Waals surface area contributed by atoms with E-state index in [1.807, 2.05) is 44.2 Å². The lowest BCUT2D eigenvalue weighted by Gasteiger charge is -2.27. The van der Waals surface area contributed by atoms with Crippen LogP contribution in [0.3, 0.4) is 0 Å². The summed E-state index contributed by atoms with van der Waals surface area (Å²) in [4.78, 5) is 62.9. The molecule has 0 aliphatic carbocycles. The van der Waals surface area contributed by atoms with E-state index >= 15 is 0 Å². The van der Waals surface area contributed by atoms with Crippen molar-refractivity contribution in [2.45, 2.75) is 78.1 Å². The lowest BCUT2D eigenvalue weighted by atomic mass is 9.98. The molecule has 3 unspecified atom stereocenters. The molecule has 1 aliphatic heterocycles. The Hall–Kier alpha value is -3.43. The zero-order valence-electron chi connectivity index (χ0n) is 21.5. The van der Waals surface area contributed by atoms with Gasteiger partial charge in [0.1, 0.15) is 18.7 Å². The molecular formula is C26H38N4O6. The van der Waals surface area contributed by atoms with Gasteiger partial charge >= 0.3 is 6.09 Å². The van der Waals surface area contributed by atoms with Crippen LogP contribution in [0.2, 0.25) is 0 Å². The molecule has 36 heavy (non-hydrogen) atoms.